The zero-order chi connectivity index (χ0) is 22.0. The van der Waals surface area contributed by atoms with Gasteiger partial charge in [0.1, 0.15) is 11.6 Å². The van der Waals surface area contributed by atoms with Crippen LogP contribution in [0.4, 0.5) is 11.6 Å². The smallest absolute Gasteiger partial charge is 0.132 e. The molecule has 0 spiro atoms. The molecule has 1 aromatic carbocycles. The van der Waals surface area contributed by atoms with Crippen molar-refractivity contribution in [3.8, 4) is 0 Å². The van der Waals surface area contributed by atoms with E-state index < -0.39 is 0 Å². The predicted molar refractivity (Wildman–Crippen MR) is 131 cm³/mol. The van der Waals surface area contributed by atoms with Crippen molar-refractivity contribution in [3.05, 3.63) is 60.4 Å². The minimum Gasteiger partial charge on any atom is -0.384 e. The maximum Gasteiger partial charge on any atom is 0.132 e. The van der Waals surface area contributed by atoms with Crippen LogP contribution in [0, 0.1) is 5.41 Å². The number of nitrogens with zero attached hydrogens (tertiary/aromatic N) is 3. The molecule has 0 saturated heterocycles. The summed E-state index contributed by atoms with van der Waals surface area (Å²) < 4.78 is 2.40. The summed E-state index contributed by atoms with van der Waals surface area (Å²) in [6, 6.07) is 15.2. The largest absolute Gasteiger partial charge is 0.384 e. The first kappa shape index (κ1) is 21.2. The minimum absolute atomic E-state index is 0.345. The normalized spacial score (nSPS) is 20.7. The highest BCUT2D eigenvalue weighted by atomic mass is 15.0. The van der Waals surface area contributed by atoms with Gasteiger partial charge >= 0.3 is 0 Å². The first-order valence-electron chi connectivity index (χ1n) is 11.4. The molecule has 1 saturated carbocycles. The van der Waals surface area contributed by atoms with Gasteiger partial charge in [0.2, 0.25) is 0 Å². The average Bonchev–Trinajstić information content (AvgIpc) is 3.38. The number of fused-ring (bicyclic) bond motifs is 2. The molecule has 0 bridgehead atoms. The number of hydrogen-bond donors (Lipinski definition) is 2. The van der Waals surface area contributed by atoms with Crippen LogP contribution < -0.4 is 11.5 Å². The summed E-state index contributed by atoms with van der Waals surface area (Å²) in [6.07, 6.45) is 9.88. The van der Waals surface area contributed by atoms with E-state index in [1.807, 2.05) is 32.2 Å². The molecule has 3 heterocycles. The third kappa shape index (κ3) is 4.22. The van der Waals surface area contributed by atoms with Crippen molar-refractivity contribution in [2.45, 2.75) is 58.9 Å². The van der Waals surface area contributed by atoms with Gasteiger partial charge in [0.25, 0.3) is 0 Å². The molecular formula is C26H33N5. The fraction of sp³-hybridized carbons (Fsp3) is 0.385. The summed E-state index contributed by atoms with van der Waals surface area (Å²) in [4.78, 5) is 8.69. The molecule has 5 heteroatoms. The molecule has 31 heavy (non-hydrogen) atoms. The second-order valence-corrected chi connectivity index (χ2v) is 8.82. The molecule has 2 atom stereocenters. The fourth-order valence-corrected chi connectivity index (χ4v) is 4.96. The highest BCUT2D eigenvalue weighted by Gasteiger charge is 2.35. The number of aryl methyl sites for hydroxylation is 1. The Kier molecular flexibility index (Phi) is 5.86. The minimum atomic E-state index is 0.345. The zero-order valence-electron chi connectivity index (χ0n) is 18.8. The van der Waals surface area contributed by atoms with Gasteiger partial charge in [-0.15, -0.1) is 0 Å². The molecule has 0 aliphatic heterocycles. The van der Waals surface area contributed by atoms with E-state index in [4.69, 9.17) is 11.5 Å². The van der Waals surface area contributed by atoms with Crippen LogP contribution in [0.25, 0.3) is 21.8 Å². The van der Waals surface area contributed by atoms with Crippen LogP contribution in [-0.2, 0) is 6.42 Å². The van der Waals surface area contributed by atoms with E-state index in [0.717, 1.165) is 22.7 Å². The first-order chi connectivity index (χ1) is 15.0. The number of rotatable bonds is 4. The Hall–Kier alpha value is -3.08. The standard InChI is InChI=1S/C24H27N5.C2H6/c1-24(10-6-16-2-3-17-4-5-22(25)28-20(17)14-16)11-7-18(15-24)29-13-9-19-21(29)8-12-27-23(19)26;1-2/h2-5,8-9,12-14,18H,6-7,10-11,15H2,1H3,(H2,25,28)(H2,26,27);1-2H3/t18?,24-;/m1./s1. The molecule has 4 aromatic rings. The average molecular weight is 416 g/mol. The zero-order valence-corrected chi connectivity index (χ0v) is 18.8. The molecule has 5 nitrogen and oxygen atoms in total. The Morgan fingerprint density at radius 1 is 1.10 bits per heavy atom. The maximum atomic E-state index is 6.05. The van der Waals surface area contributed by atoms with Gasteiger partial charge in [-0.3, -0.25) is 0 Å². The molecule has 4 N–H and O–H groups in total. The van der Waals surface area contributed by atoms with Crippen molar-refractivity contribution in [1.82, 2.24) is 14.5 Å². The second kappa shape index (κ2) is 8.58. The number of nitrogens with two attached hydrogens (primary N) is 2. The summed E-state index contributed by atoms with van der Waals surface area (Å²) in [7, 11) is 0. The monoisotopic (exact) mass is 415 g/mol. The lowest BCUT2D eigenvalue weighted by molar-refractivity contribution is 0.295. The Bertz CT molecular complexity index is 1200. The van der Waals surface area contributed by atoms with Crippen molar-refractivity contribution >= 4 is 33.4 Å². The van der Waals surface area contributed by atoms with Crippen LogP contribution >= 0.6 is 0 Å². The lowest BCUT2D eigenvalue weighted by Gasteiger charge is -2.25. The molecule has 1 unspecified atom stereocenters. The SMILES string of the molecule is CC.C[C@@]1(CCc2ccc3ccc(N)nc3c2)CCC(n2ccc3c(N)nccc32)C1. The molecule has 1 fully saturated rings. The van der Waals surface area contributed by atoms with Crippen LogP contribution in [0.5, 0.6) is 0 Å². The first-order valence-corrected chi connectivity index (χ1v) is 11.4. The van der Waals surface area contributed by atoms with Crippen LogP contribution in [0.2, 0.25) is 0 Å². The Balaban J connectivity index is 0.00000112. The lowest BCUT2D eigenvalue weighted by Crippen LogP contribution is -2.14. The van der Waals surface area contributed by atoms with Crippen molar-refractivity contribution < 1.29 is 0 Å². The van der Waals surface area contributed by atoms with E-state index in [9.17, 15) is 0 Å². The van der Waals surface area contributed by atoms with E-state index in [1.165, 1.54) is 36.8 Å². The second-order valence-electron chi connectivity index (χ2n) is 8.82. The highest BCUT2D eigenvalue weighted by Crippen LogP contribution is 2.47. The molecule has 1 aliphatic rings. The fourth-order valence-electron chi connectivity index (χ4n) is 4.96. The molecule has 1 aliphatic carbocycles. The number of benzene rings is 1. The Morgan fingerprint density at radius 3 is 2.74 bits per heavy atom. The molecule has 162 valence electrons. The van der Waals surface area contributed by atoms with Crippen LogP contribution in [0.1, 0.15) is 58.1 Å². The third-order valence-electron chi connectivity index (χ3n) is 6.68. The quantitative estimate of drug-likeness (QED) is 0.419. The van der Waals surface area contributed by atoms with Gasteiger partial charge in [-0.25, -0.2) is 9.97 Å². The van der Waals surface area contributed by atoms with Crippen LogP contribution in [0.15, 0.2) is 54.9 Å². The molecule has 3 aromatic heterocycles. The van der Waals surface area contributed by atoms with Crippen molar-refractivity contribution in [3.63, 3.8) is 0 Å². The molecule has 0 radical (unpaired) electrons. The van der Waals surface area contributed by atoms with Gasteiger partial charge in [-0.05, 0) is 73.4 Å². The van der Waals surface area contributed by atoms with Crippen LogP contribution in [0.3, 0.4) is 0 Å². The van der Waals surface area contributed by atoms with Gasteiger partial charge in [0.15, 0.2) is 0 Å². The van der Waals surface area contributed by atoms with Crippen molar-refractivity contribution in [2.75, 3.05) is 11.5 Å². The van der Waals surface area contributed by atoms with E-state index >= 15 is 0 Å². The van der Waals surface area contributed by atoms with Gasteiger partial charge in [-0.1, -0.05) is 32.9 Å². The van der Waals surface area contributed by atoms with Gasteiger partial charge < -0.3 is 16.0 Å². The predicted octanol–water partition coefficient (Wildman–Crippen LogP) is 6.14. The van der Waals surface area contributed by atoms with Crippen LogP contribution in [-0.4, -0.2) is 14.5 Å². The summed E-state index contributed by atoms with van der Waals surface area (Å²) in [5.74, 6) is 1.20. The summed E-state index contributed by atoms with van der Waals surface area (Å²) >= 11 is 0. The summed E-state index contributed by atoms with van der Waals surface area (Å²) in [5, 5.41) is 2.20. The molecule has 5 rings (SSSR count). The van der Waals surface area contributed by atoms with E-state index in [1.54, 1.807) is 0 Å². The lowest BCUT2D eigenvalue weighted by atomic mass is 9.82. The Morgan fingerprint density at radius 2 is 1.90 bits per heavy atom. The number of nitrogen functional groups attached to an aromatic ring is 2. The maximum absolute atomic E-state index is 6.05. The molecular weight excluding hydrogens is 382 g/mol. The van der Waals surface area contributed by atoms with E-state index in [-0.39, 0.29) is 0 Å². The Labute approximate surface area is 184 Å². The highest BCUT2D eigenvalue weighted by molar-refractivity contribution is 5.89. The number of anilines is 2. The van der Waals surface area contributed by atoms with Gasteiger partial charge in [-0.2, -0.15) is 0 Å². The number of hydrogen-bond acceptors (Lipinski definition) is 4. The molecule has 0 amide bonds. The van der Waals surface area contributed by atoms with Crippen molar-refractivity contribution in [1.29, 1.82) is 0 Å². The van der Waals surface area contributed by atoms with E-state index in [0.29, 0.717) is 23.1 Å². The van der Waals surface area contributed by atoms with Crippen molar-refractivity contribution in [2.24, 2.45) is 5.41 Å². The summed E-state index contributed by atoms with van der Waals surface area (Å²) in [5.41, 5.74) is 15.8. The number of aromatic nitrogens is 3. The number of pyridine rings is 2. The van der Waals surface area contributed by atoms with Gasteiger partial charge in [0.05, 0.1) is 11.0 Å². The van der Waals surface area contributed by atoms with E-state index in [2.05, 4.69) is 58.0 Å². The topological polar surface area (TPSA) is 82.8 Å². The third-order valence-corrected chi connectivity index (χ3v) is 6.68. The summed E-state index contributed by atoms with van der Waals surface area (Å²) in [6.45, 7) is 6.44. The van der Waals surface area contributed by atoms with Gasteiger partial charge in [0, 0.05) is 29.2 Å².